The molecular weight excluding hydrogens is 296 g/mol. The number of hydrogen-bond acceptors (Lipinski definition) is 5. The first-order chi connectivity index (χ1) is 11.2. The lowest BCUT2D eigenvalue weighted by Gasteiger charge is -2.09. The monoisotopic (exact) mass is 314 g/mol. The number of esters is 1. The Bertz CT molecular complexity index is 870. The van der Waals surface area contributed by atoms with Crippen LogP contribution in [0.5, 0.6) is 5.75 Å². The van der Waals surface area contributed by atoms with E-state index in [-0.39, 0.29) is 18.9 Å². The Morgan fingerprint density at radius 1 is 1.30 bits per heavy atom. The minimum Gasteiger partial charge on any atom is -0.496 e. The first-order valence-corrected chi connectivity index (χ1v) is 7.45. The summed E-state index contributed by atoms with van der Waals surface area (Å²) in [6.07, 6.45) is 2.25. The van der Waals surface area contributed by atoms with E-state index < -0.39 is 5.97 Å². The first kappa shape index (κ1) is 15.3. The van der Waals surface area contributed by atoms with Gasteiger partial charge in [0.1, 0.15) is 12.4 Å². The summed E-state index contributed by atoms with van der Waals surface area (Å²) in [7, 11) is 1.62. The molecule has 3 aromatic rings. The number of rotatable bonds is 5. The number of fused-ring (bicyclic) bond motifs is 3. The normalized spacial score (nSPS) is 11.1. The predicted octanol–water partition coefficient (Wildman–Crippen LogP) is 2.44. The fourth-order valence-corrected chi connectivity index (χ4v) is 2.87. The molecule has 0 bridgehead atoms. The maximum atomic E-state index is 12.2. The van der Waals surface area contributed by atoms with Crippen molar-refractivity contribution >= 4 is 27.8 Å². The fourth-order valence-electron chi connectivity index (χ4n) is 2.87. The molecule has 120 valence electrons. The van der Waals surface area contributed by atoms with Crippen LogP contribution in [0.2, 0.25) is 0 Å². The van der Waals surface area contributed by atoms with Crippen LogP contribution in [0, 0.1) is 0 Å². The number of H-pyrrole nitrogens is 1. The van der Waals surface area contributed by atoms with E-state index in [0.29, 0.717) is 6.42 Å². The third kappa shape index (κ3) is 2.51. The lowest BCUT2D eigenvalue weighted by Crippen LogP contribution is -2.13. The maximum absolute atomic E-state index is 12.2. The van der Waals surface area contributed by atoms with Gasteiger partial charge in [-0.1, -0.05) is 13.0 Å². The average molecular weight is 314 g/mol. The molecule has 2 N–H and O–H groups in total. The van der Waals surface area contributed by atoms with Crippen LogP contribution in [0.1, 0.15) is 23.0 Å². The molecule has 3 rings (SSSR count). The van der Waals surface area contributed by atoms with Crippen LogP contribution in [0.25, 0.3) is 21.8 Å². The van der Waals surface area contributed by atoms with E-state index in [1.807, 2.05) is 25.1 Å². The number of nitrogens with one attached hydrogen (secondary N) is 1. The first-order valence-electron chi connectivity index (χ1n) is 7.45. The molecule has 0 amide bonds. The Kier molecular flexibility index (Phi) is 4.16. The average Bonchev–Trinajstić information content (AvgIpc) is 2.97. The second-order valence-electron chi connectivity index (χ2n) is 5.09. The Hall–Kier alpha value is -2.60. The summed E-state index contributed by atoms with van der Waals surface area (Å²) in [5, 5.41) is 10.7. The number of methoxy groups -OCH3 is 1. The van der Waals surface area contributed by atoms with Crippen LogP contribution >= 0.6 is 0 Å². The lowest BCUT2D eigenvalue weighted by atomic mass is 10.0. The molecule has 6 heteroatoms. The topological polar surface area (TPSA) is 84.4 Å². The van der Waals surface area contributed by atoms with Crippen LogP contribution in [0.15, 0.2) is 24.4 Å². The maximum Gasteiger partial charge on any atom is 0.357 e. The zero-order valence-corrected chi connectivity index (χ0v) is 13.0. The molecule has 0 unspecified atom stereocenters. The highest BCUT2D eigenvalue weighted by Gasteiger charge is 2.20. The highest BCUT2D eigenvalue weighted by Crippen LogP contribution is 2.35. The van der Waals surface area contributed by atoms with Gasteiger partial charge in [-0.25, -0.2) is 9.78 Å². The molecule has 6 nitrogen and oxygen atoms in total. The third-order valence-electron chi connectivity index (χ3n) is 3.82. The largest absolute Gasteiger partial charge is 0.496 e. The Labute approximate surface area is 133 Å². The minimum atomic E-state index is -0.526. The van der Waals surface area contributed by atoms with Gasteiger partial charge >= 0.3 is 5.97 Å². The molecule has 0 aliphatic carbocycles. The summed E-state index contributed by atoms with van der Waals surface area (Å²) in [5.41, 5.74) is 2.86. The number of aliphatic hydroxyl groups is 1. The highest BCUT2D eigenvalue weighted by atomic mass is 16.5. The zero-order chi connectivity index (χ0) is 16.4. The van der Waals surface area contributed by atoms with Gasteiger partial charge in [0.15, 0.2) is 5.69 Å². The van der Waals surface area contributed by atoms with Crippen molar-refractivity contribution in [2.24, 2.45) is 0 Å². The number of ether oxygens (including phenoxy) is 2. The molecule has 1 aromatic carbocycles. The van der Waals surface area contributed by atoms with Crippen molar-refractivity contribution in [3.63, 3.8) is 0 Å². The molecule has 0 saturated heterocycles. The molecule has 2 heterocycles. The Balaban J connectivity index is 2.29. The third-order valence-corrected chi connectivity index (χ3v) is 3.82. The molecule has 0 atom stereocenters. The van der Waals surface area contributed by atoms with Crippen molar-refractivity contribution in [1.29, 1.82) is 0 Å². The van der Waals surface area contributed by atoms with E-state index in [1.54, 1.807) is 13.3 Å². The number of benzene rings is 1. The second-order valence-corrected chi connectivity index (χ2v) is 5.09. The molecule has 23 heavy (non-hydrogen) atoms. The van der Waals surface area contributed by atoms with E-state index in [1.165, 1.54) is 0 Å². The van der Waals surface area contributed by atoms with E-state index in [9.17, 15) is 4.79 Å². The van der Waals surface area contributed by atoms with Gasteiger partial charge < -0.3 is 19.6 Å². The number of aromatic nitrogens is 2. The Morgan fingerprint density at radius 3 is 2.83 bits per heavy atom. The lowest BCUT2D eigenvalue weighted by molar-refractivity contribution is 0.0426. The number of carbonyl (C=O) groups is 1. The zero-order valence-electron chi connectivity index (χ0n) is 13.0. The number of pyridine rings is 1. The van der Waals surface area contributed by atoms with E-state index in [4.69, 9.17) is 14.6 Å². The SMILES string of the molecule is CCc1c(C(=O)OCCO)ncc2[nH]c3cccc(OC)c3c12. The molecule has 0 aliphatic rings. The van der Waals surface area contributed by atoms with Crippen LogP contribution < -0.4 is 4.74 Å². The number of aromatic amines is 1. The van der Waals surface area contributed by atoms with E-state index >= 15 is 0 Å². The standard InChI is InChI=1S/C17H18N2O4/c1-3-10-14-12(9-18-16(10)17(21)23-8-7-20)19-11-5-4-6-13(22-2)15(11)14/h4-6,9,19-20H,3,7-8H2,1-2H3. The van der Waals surface area contributed by atoms with Gasteiger partial charge in [-0.2, -0.15) is 0 Å². The number of hydrogen-bond donors (Lipinski definition) is 2. The number of carbonyl (C=O) groups excluding carboxylic acids is 1. The smallest absolute Gasteiger partial charge is 0.357 e. The van der Waals surface area contributed by atoms with Crippen molar-refractivity contribution in [2.75, 3.05) is 20.3 Å². The van der Waals surface area contributed by atoms with Crippen LogP contribution in [-0.2, 0) is 11.2 Å². The summed E-state index contributed by atoms with van der Waals surface area (Å²) in [4.78, 5) is 19.8. The minimum absolute atomic E-state index is 0.0427. The van der Waals surface area contributed by atoms with Crippen LogP contribution in [0.4, 0.5) is 0 Å². The van der Waals surface area contributed by atoms with Crippen molar-refractivity contribution in [3.05, 3.63) is 35.7 Å². The van der Waals surface area contributed by atoms with Crippen molar-refractivity contribution in [3.8, 4) is 5.75 Å². The number of nitrogens with zero attached hydrogens (tertiary/aromatic N) is 1. The summed E-state index contributed by atoms with van der Waals surface area (Å²) in [6, 6.07) is 5.76. The number of aryl methyl sites for hydroxylation is 1. The van der Waals surface area contributed by atoms with Gasteiger partial charge in [-0.3, -0.25) is 0 Å². The molecule has 0 saturated carbocycles. The van der Waals surface area contributed by atoms with Gasteiger partial charge in [-0.15, -0.1) is 0 Å². The summed E-state index contributed by atoms with van der Waals surface area (Å²) in [6.45, 7) is 1.71. The van der Waals surface area contributed by atoms with Crippen molar-refractivity contribution in [1.82, 2.24) is 9.97 Å². The summed E-state index contributed by atoms with van der Waals surface area (Å²) < 4.78 is 10.5. The van der Waals surface area contributed by atoms with Crippen molar-refractivity contribution < 1.29 is 19.4 Å². The second kappa shape index (κ2) is 6.26. The van der Waals surface area contributed by atoms with Gasteiger partial charge in [-0.05, 0) is 24.1 Å². The van der Waals surface area contributed by atoms with Gasteiger partial charge in [0.25, 0.3) is 0 Å². The number of aliphatic hydroxyl groups excluding tert-OH is 1. The molecule has 0 radical (unpaired) electrons. The Morgan fingerprint density at radius 2 is 2.13 bits per heavy atom. The summed E-state index contributed by atoms with van der Waals surface area (Å²) >= 11 is 0. The van der Waals surface area contributed by atoms with E-state index in [0.717, 1.165) is 33.1 Å². The van der Waals surface area contributed by atoms with Crippen molar-refractivity contribution in [2.45, 2.75) is 13.3 Å². The van der Waals surface area contributed by atoms with Gasteiger partial charge in [0.2, 0.25) is 0 Å². The quantitative estimate of drug-likeness (QED) is 0.707. The fraction of sp³-hybridized carbons (Fsp3) is 0.294. The summed E-state index contributed by atoms with van der Waals surface area (Å²) in [5.74, 6) is 0.214. The predicted molar refractivity (Wildman–Crippen MR) is 86.9 cm³/mol. The molecule has 2 aromatic heterocycles. The molecule has 0 spiro atoms. The molecule has 0 fully saturated rings. The van der Waals surface area contributed by atoms with Crippen LogP contribution in [0.3, 0.4) is 0 Å². The highest BCUT2D eigenvalue weighted by molar-refractivity contribution is 6.13. The van der Waals surface area contributed by atoms with Crippen LogP contribution in [-0.4, -0.2) is 41.4 Å². The van der Waals surface area contributed by atoms with Gasteiger partial charge in [0.05, 0.1) is 30.9 Å². The van der Waals surface area contributed by atoms with E-state index in [2.05, 4.69) is 9.97 Å². The van der Waals surface area contributed by atoms with Gasteiger partial charge in [0, 0.05) is 10.8 Å². The molecular formula is C17H18N2O4. The molecule has 0 aliphatic heterocycles.